The highest BCUT2D eigenvalue weighted by Crippen LogP contribution is 2.35. The van der Waals surface area contributed by atoms with Gasteiger partial charge in [-0.2, -0.15) is 0 Å². The van der Waals surface area contributed by atoms with Gasteiger partial charge in [0.15, 0.2) is 0 Å². The lowest BCUT2D eigenvalue weighted by Gasteiger charge is -2.31. The number of carbonyl (C=O) groups excluding carboxylic acids is 2. The molecule has 2 fully saturated rings. The van der Waals surface area contributed by atoms with Gasteiger partial charge in [0.25, 0.3) is 0 Å². The maximum atomic E-state index is 12.9. The van der Waals surface area contributed by atoms with Crippen molar-refractivity contribution in [1.29, 1.82) is 0 Å². The molecular formula is C20H26N2O3. The van der Waals surface area contributed by atoms with Crippen molar-refractivity contribution in [3.8, 4) is 0 Å². The molecule has 0 saturated carbocycles. The molecule has 0 unspecified atom stereocenters. The van der Waals surface area contributed by atoms with E-state index in [0.29, 0.717) is 6.42 Å². The second-order valence-electron chi connectivity index (χ2n) is 7.48. The van der Waals surface area contributed by atoms with E-state index in [1.807, 2.05) is 29.2 Å². The van der Waals surface area contributed by atoms with Crippen LogP contribution in [0.25, 0.3) is 0 Å². The largest absolute Gasteiger partial charge is 0.375 e. The van der Waals surface area contributed by atoms with Gasteiger partial charge in [-0.1, -0.05) is 18.2 Å². The lowest BCUT2D eigenvalue weighted by atomic mass is 9.92. The molecule has 3 aliphatic heterocycles. The first-order valence-corrected chi connectivity index (χ1v) is 9.47. The first-order valence-electron chi connectivity index (χ1n) is 9.47. The first-order chi connectivity index (χ1) is 12.2. The average molecular weight is 342 g/mol. The summed E-state index contributed by atoms with van der Waals surface area (Å²) >= 11 is 0. The highest BCUT2D eigenvalue weighted by molar-refractivity contribution is 6.01. The number of anilines is 1. The Morgan fingerprint density at radius 1 is 1.08 bits per heavy atom. The van der Waals surface area contributed by atoms with Gasteiger partial charge in [0.2, 0.25) is 11.8 Å². The molecule has 1 spiro atoms. The lowest BCUT2D eigenvalue weighted by molar-refractivity contribution is -0.131. The van der Waals surface area contributed by atoms with Crippen LogP contribution in [0.1, 0.15) is 44.1 Å². The number of nitrogens with zero attached hydrogens (tertiary/aromatic N) is 2. The van der Waals surface area contributed by atoms with Gasteiger partial charge in [0, 0.05) is 31.8 Å². The standard InChI is InChI=1S/C20H26N2O3/c23-18-8-7-16-5-1-2-6-17(16)22(18)15-19(24)21-12-3-9-20(11-13-21)10-4-14-25-20/h1-2,5-6H,3-4,7-15H2/t20-/m1/s1. The van der Waals surface area contributed by atoms with Gasteiger partial charge in [0.1, 0.15) is 6.54 Å². The van der Waals surface area contributed by atoms with Crippen molar-refractivity contribution in [1.82, 2.24) is 4.90 Å². The molecule has 3 heterocycles. The number of amides is 2. The van der Waals surface area contributed by atoms with Gasteiger partial charge in [-0.3, -0.25) is 9.59 Å². The Kier molecular flexibility index (Phi) is 4.50. The van der Waals surface area contributed by atoms with Crippen molar-refractivity contribution >= 4 is 17.5 Å². The third-order valence-electron chi connectivity index (χ3n) is 5.92. The molecule has 0 aromatic heterocycles. The maximum absolute atomic E-state index is 12.9. The molecule has 3 aliphatic rings. The van der Waals surface area contributed by atoms with Crippen molar-refractivity contribution in [3.63, 3.8) is 0 Å². The summed E-state index contributed by atoms with van der Waals surface area (Å²) in [6.07, 6.45) is 6.45. The summed E-state index contributed by atoms with van der Waals surface area (Å²) in [7, 11) is 0. The number of fused-ring (bicyclic) bond motifs is 1. The molecule has 1 aromatic carbocycles. The van der Waals surface area contributed by atoms with Crippen LogP contribution in [-0.2, 0) is 20.7 Å². The lowest BCUT2D eigenvalue weighted by Crippen LogP contribution is -2.45. The fourth-order valence-corrected chi connectivity index (χ4v) is 4.47. The van der Waals surface area contributed by atoms with Gasteiger partial charge in [-0.25, -0.2) is 0 Å². The summed E-state index contributed by atoms with van der Waals surface area (Å²) in [5.74, 6) is 0.109. The van der Waals surface area contributed by atoms with Gasteiger partial charge >= 0.3 is 0 Å². The minimum Gasteiger partial charge on any atom is -0.375 e. The predicted molar refractivity (Wildman–Crippen MR) is 95.5 cm³/mol. The van der Waals surface area contributed by atoms with E-state index >= 15 is 0 Å². The number of likely N-dealkylation sites (tertiary alicyclic amines) is 1. The van der Waals surface area contributed by atoms with Crippen LogP contribution in [0.5, 0.6) is 0 Å². The van der Waals surface area contributed by atoms with E-state index in [-0.39, 0.29) is 24.0 Å². The first kappa shape index (κ1) is 16.6. The smallest absolute Gasteiger partial charge is 0.242 e. The summed E-state index contributed by atoms with van der Waals surface area (Å²) in [6.45, 7) is 2.52. The normalized spacial score (nSPS) is 26.6. The number of carbonyl (C=O) groups is 2. The zero-order valence-electron chi connectivity index (χ0n) is 14.7. The topological polar surface area (TPSA) is 49.9 Å². The van der Waals surface area contributed by atoms with E-state index in [2.05, 4.69) is 0 Å². The highest BCUT2D eigenvalue weighted by Gasteiger charge is 2.37. The minimum atomic E-state index is 0.00255. The van der Waals surface area contributed by atoms with Crippen LogP contribution in [0, 0.1) is 0 Å². The second-order valence-corrected chi connectivity index (χ2v) is 7.48. The van der Waals surface area contributed by atoms with Crippen molar-refractivity contribution in [3.05, 3.63) is 29.8 Å². The van der Waals surface area contributed by atoms with Crippen LogP contribution in [0.4, 0.5) is 5.69 Å². The second kappa shape index (κ2) is 6.79. The molecule has 1 aromatic rings. The van der Waals surface area contributed by atoms with E-state index in [4.69, 9.17) is 4.74 Å². The molecule has 2 amide bonds. The molecule has 1 atom stereocenters. The molecule has 25 heavy (non-hydrogen) atoms. The molecule has 0 bridgehead atoms. The number of benzene rings is 1. The molecule has 4 rings (SSSR count). The quantitative estimate of drug-likeness (QED) is 0.830. The van der Waals surface area contributed by atoms with Crippen LogP contribution in [0.15, 0.2) is 24.3 Å². The fraction of sp³-hybridized carbons (Fsp3) is 0.600. The summed E-state index contributed by atoms with van der Waals surface area (Å²) in [5.41, 5.74) is 2.06. The number of rotatable bonds is 2. The number of hydrogen-bond donors (Lipinski definition) is 0. The van der Waals surface area contributed by atoms with Gasteiger partial charge < -0.3 is 14.5 Å². The number of aryl methyl sites for hydroxylation is 1. The van der Waals surface area contributed by atoms with Crippen LogP contribution in [0.3, 0.4) is 0 Å². The Hall–Kier alpha value is -1.88. The highest BCUT2D eigenvalue weighted by atomic mass is 16.5. The SMILES string of the molecule is O=C(CN1C(=O)CCc2ccccc21)N1CCC[C@@]2(CCCO2)CC1. The van der Waals surface area contributed by atoms with E-state index in [9.17, 15) is 9.59 Å². The van der Waals surface area contributed by atoms with Gasteiger partial charge in [-0.05, 0) is 50.2 Å². The molecule has 0 aliphatic carbocycles. The monoisotopic (exact) mass is 342 g/mol. The van der Waals surface area contributed by atoms with Gasteiger partial charge in [0.05, 0.1) is 5.60 Å². The maximum Gasteiger partial charge on any atom is 0.242 e. The minimum absolute atomic E-state index is 0.00255. The summed E-state index contributed by atoms with van der Waals surface area (Å²) in [6, 6.07) is 7.92. The van der Waals surface area contributed by atoms with Crippen molar-refractivity contribution in [2.24, 2.45) is 0 Å². The number of hydrogen-bond acceptors (Lipinski definition) is 3. The van der Waals surface area contributed by atoms with Crippen molar-refractivity contribution in [2.75, 3.05) is 31.1 Å². The third-order valence-corrected chi connectivity index (χ3v) is 5.92. The Bertz CT molecular complexity index is 667. The van der Waals surface area contributed by atoms with Crippen molar-refractivity contribution in [2.45, 2.75) is 50.5 Å². The summed E-state index contributed by atoms with van der Waals surface area (Å²) in [4.78, 5) is 28.9. The molecule has 0 radical (unpaired) electrons. The summed E-state index contributed by atoms with van der Waals surface area (Å²) < 4.78 is 6.00. The third kappa shape index (κ3) is 3.30. The molecule has 2 saturated heterocycles. The molecule has 134 valence electrons. The zero-order chi connectivity index (χ0) is 17.3. The average Bonchev–Trinajstić information content (AvgIpc) is 2.98. The molecule has 0 N–H and O–H groups in total. The molecular weight excluding hydrogens is 316 g/mol. The Morgan fingerprint density at radius 3 is 2.76 bits per heavy atom. The van der Waals surface area contributed by atoms with E-state index in [0.717, 1.165) is 69.5 Å². The van der Waals surface area contributed by atoms with E-state index < -0.39 is 0 Å². The van der Waals surface area contributed by atoms with E-state index in [1.54, 1.807) is 4.90 Å². The predicted octanol–water partition coefficient (Wildman–Crippen LogP) is 2.53. The van der Waals surface area contributed by atoms with Crippen molar-refractivity contribution < 1.29 is 14.3 Å². The van der Waals surface area contributed by atoms with Crippen LogP contribution >= 0.6 is 0 Å². The zero-order valence-corrected chi connectivity index (χ0v) is 14.7. The van der Waals surface area contributed by atoms with Crippen LogP contribution < -0.4 is 4.90 Å². The molecule has 5 heteroatoms. The Morgan fingerprint density at radius 2 is 1.92 bits per heavy atom. The van der Waals surface area contributed by atoms with Crippen LogP contribution in [-0.4, -0.2) is 48.6 Å². The Labute approximate surface area is 148 Å². The number of para-hydroxylation sites is 1. The molecule has 5 nitrogen and oxygen atoms in total. The fourth-order valence-electron chi connectivity index (χ4n) is 4.47. The summed E-state index contributed by atoms with van der Waals surface area (Å²) in [5, 5.41) is 0. The Balaban J connectivity index is 1.44. The number of ether oxygens (including phenoxy) is 1. The van der Waals surface area contributed by atoms with Crippen LogP contribution in [0.2, 0.25) is 0 Å². The van der Waals surface area contributed by atoms with E-state index in [1.165, 1.54) is 0 Å². The van der Waals surface area contributed by atoms with Gasteiger partial charge in [-0.15, -0.1) is 0 Å².